The summed E-state index contributed by atoms with van der Waals surface area (Å²) in [5.41, 5.74) is 3.76. The molecule has 3 aromatic rings. The zero-order chi connectivity index (χ0) is 25.8. The first-order valence-corrected chi connectivity index (χ1v) is 11.9. The van der Waals surface area contributed by atoms with Crippen LogP contribution in [0, 0.1) is 0 Å². The van der Waals surface area contributed by atoms with E-state index in [1.165, 1.54) is 4.90 Å². The highest BCUT2D eigenvalue weighted by atomic mass is 16.5. The molecule has 1 saturated heterocycles. The van der Waals surface area contributed by atoms with Crippen molar-refractivity contribution >= 4 is 29.4 Å². The lowest BCUT2D eigenvalue weighted by atomic mass is 10.0. The van der Waals surface area contributed by atoms with Gasteiger partial charge in [-0.15, -0.1) is 0 Å². The van der Waals surface area contributed by atoms with Crippen molar-refractivity contribution in [2.75, 3.05) is 5.32 Å². The number of imide groups is 1. The van der Waals surface area contributed by atoms with Crippen molar-refractivity contribution in [1.29, 1.82) is 0 Å². The molecule has 5 rings (SSSR count). The first kappa shape index (κ1) is 24.0. The van der Waals surface area contributed by atoms with Gasteiger partial charge in [0.05, 0.1) is 0 Å². The standard InChI is InChI=1S/C27H25N5O5/c33-24-8-7-23(25(34)31-24)32-15-19-13-18(3-6-22(19)26(32)35)14-29-27(36)30-20-4-1-17(2-5-20)16-37-21-9-11-28-12-10-21/h1-6,9-13,23H,7-8,14-16H2,(H2,29,30,36)(H,31,33,34). The van der Waals surface area contributed by atoms with Crippen LogP contribution in [-0.4, -0.2) is 39.7 Å². The van der Waals surface area contributed by atoms with Gasteiger partial charge in [0, 0.05) is 43.2 Å². The van der Waals surface area contributed by atoms with Crippen molar-refractivity contribution < 1.29 is 23.9 Å². The monoisotopic (exact) mass is 499 g/mol. The molecule has 10 nitrogen and oxygen atoms in total. The van der Waals surface area contributed by atoms with Crippen molar-refractivity contribution in [2.45, 2.75) is 38.6 Å². The van der Waals surface area contributed by atoms with E-state index in [0.717, 1.165) is 22.4 Å². The van der Waals surface area contributed by atoms with Crippen LogP contribution in [0.4, 0.5) is 10.5 Å². The number of carbonyl (C=O) groups excluding carboxylic acids is 4. The number of amides is 5. The average molecular weight is 500 g/mol. The number of hydrogen-bond donors (Lipinski definition) is 3. The molecule has 2 aromatic carbocycles. The Morgan fingerprint density at radius 1 is 1.03 bits per heavy atom. The molecular formula is C27H25N5O5. The number of aromatic nitrogens is 1. The predicted molar refractivity (Wildman–Crippen MR) is 133 cm³/mol. The van der Waals surface area contributed by atoms with E-state index in [-0.39, 0.29) is 37.4 Å². The second-order valence-electron chi connectivity index (χ2n) is 8.87. The molecule has 2 aliphatic heterocycles. The summed E-state index contributed by atoms with van der Waals surface area (Å²) in [5.74, 6) is -0.249. The summed E-state index contributed by atoms with van der Waals surface area (Å²) < 4.78 is 5.69. The first-order chi connectivity index (χ1) is 18.0. The maximum Gasteiger partial charge on any atom is 0.319 e. The van der Waals surface area contributed by atoms with Gasteiger partial charge < -0.3 is 20.3 Å². The minimum Gasteiger partial charge on any atom is -0.489 e. The van der Waals surface area contributed by atoms with Gasteiger partial charge in [0.1, 0.15) is 18.4 Å². The minimum absolute atomic E-state index is 0.211. The normalized spacial score (nSPS) is 16.7. The number of hydrogen-bond acceptors (Lipinski definition) is 6. The van der Waals surface area contributed by atoms with Gasteiger partial charge in [-0.2, -0.15) is 0 Å². The third-order valence-corrected chi connectivity index (χ3v) is 6.31. The molecule has 0 radical (unpaired) electrons. The van der Waals surface area contributed by atoms with Gasteiger partial charge in [0.2, 0.25) is 11.8 Å². The molecule has 1 unspecified atom stereocenters. The molecule has 1 fully saturated rings. The fraction of sp³-hybridized carbons (Fsp3) is 0.222. The summed E-state index contributed by atoms with van der Waals surface area (Å²) in [7, 11) is 0. The number of piperidine rings is 1. The molecular weight excluding hydrogens is 474 g/mol. The summed E-state index contributed by atoms with van der Waals surface area (Å²) in [5, 5.41) is 7.91. The Labute approximate surface area is 213 Å². The number of anilines is 1. The highest BCUT2D eigenvalue weighted by Gasteiger charge is 2.39. The minimum atomic E-state index is -0.654. The zero-order valence-electron chi connectivity index (χ0n) is 19.9. The van der Waals surface area contributed by atoms with Crippen LogP contribution in [0.2, 0.25) is 0 Å². The van der Waals surface area contributed by atoms with Gasteiger partial charge in [-0.1, -0.05) is 24.3 Å². The van der Waals surface area contributed by atoms with Crippen LogP contribution in [0.15, 0.2) is 67.0 Å². The first-order valence-electron chi connectivity index (χ1n) is 11.9. The van der Waals surface area contributed by atoms with Crippen molar-refractivity contribution in [2.24, 2.45) is 0 Å². The molecule has 0 bridgehead atoms. The van der Waals surface area contributed by atoms with Crippen molar-refractivity contribution in [3.63, 3.8) is 0 Å². The summed E-state index contributed by atoms with van der Waals surface area (Å²) in [4.78, 5) is 54.3. The Morgan fingerprint density at radius 3 is 2.54 bits per heavy atom. The highest BCUT2D eigenvalue weighted by Crippen LogP contribution is 2.28. The summed E-state index contributed by atoms with van der Waals surface area (Å²) >= 11 is 0. The summed E-state index contributed by atoms with van der Waals surface area (Å²) in [6.45, 7) is 0.958. The smallest absolute Gasteiger partial charge is 0.319 e. The van der Waals surface area contributed by atoms with E-state index in [0.29, 0.717) is 24.3 Å². The van der Waals surface area contributed by atoms with Gasteiger partial charge in [-0.05, 0) is 53.4 Å². The van der Waals surface area contributed by atoms with Crippen molar-refractivity contribution in [1.82, 2.24) is 20.5 Å². The number of nitrogens with zero attached hydrogens (tertiary/aromatic N) is 2. The van der Waals surface area contributed by atoms with Gasteiger partial charge in [-0.3, -0.25) is 24.7 Å². The number of rotatable bonds is 7. The van der Waals surface area contributed by atoms with Crippen LogP contribution in [0.5, 0.6) is 5.75 Å². The van der Waals surface area contributed by atoms with Gasteiger partial charge >= 0.3 is 6.03 Å². The molecule has 0 saturated carbocycles. The van der Waals surface area contributed by atoms with Crippen LogP contribution in [0.25, 0.3) is 0 Å². The van der Waals surface area contributed by atoms with E-state index < -0.39 is 11.9 Å². The van der Waals surface area contributed by atoms with E-state index in [1.54, 1.807) is 48.8 Å². The Bertz CT molecular complexity index is 1340. The van der Waals surface area contributed by atoms with Crippen molar-refractivity contribution in [3.8, 4) is 5.75 Å². The maximum atomic E-state index is 12.8. The van der Waals surface area contributed by atoms with Gasteiger partial charge in [-0.25, -0.2) is 4.79 Å². The van der Waals surface area contributed by atoms with Crippen LogP contribution >= 0.6 is 0 Å². The second-order valence-corrected chi connectivity index (χ2v) is 8.87. The van der Waals surface area contributed by atoms with Crippen LogP contribution in [0.3, 0.4) is 0 Å². The molecule has 37 heavy (non-hydrogen) atoms. The molecule has 3 heterocycles. The lowest BCUT2D eigenvalue weighted by Gasteiger charge is -2.29. The quantitative estimate of drug-likeness (QED) is 0.429. The maximum absolute atomic E-state index is 12.8. The molecule has 10 heteroatoms. The highest BCUT2D eigenvalue weighted by molar-refractivity contribution is 6.05. The van der Waals surface area contributed by atoms with E-state index in [4.69, 9.17) is 4.74 Å². The largest absolute Gasteiger partial charge is 0.489 e. The number of carbonyl (C=O) groups is 4. The van der Waals surface area contributed by atoms with E-state index in [2.05, 4.69) is 20.9 Å². The number of pyridine rings is 1. The Morgan fingerprint density at radius 2 is 1.78 bits per heavy atom. The molecule has 1 aromatic heterocycles. The molecule has 2 aliphatic rings. The third kappa shape index (κ3) is 5.58. The number of ether oxygens (including phenoxy) is 1. The average Bonchev–Trinajstić information content (AvgIpc) is 3.23. The Balaban J connectivity index is 1.12. The fourth-order valence-electron chi connectivity index (χ4n) is 4.38. The third-order valence-electron chi connectivity index (χ3n) is 6.31. The molecule has 1 atom stereocenters. The lowest BCUT2D eigenvalue weighted by molar-refractivity contribution is -0.136. The van der Waals surface area contributed by atoms with Gasteiger partial charge in [0.15, 0.2) is 0 Å². The number of fused-ring (bicyclic) bond motifs is 1. The predicted octanol–water partition coefficient (Wildman–Crippen LogP) is 2.74. The van der Waals surface area contributed by atoms with Crippen LogP contribution in [-0.2, 0) is 29.3 Å². The zero-order valence-corrected chi connectivity index (χ0v) is 19.9. The fourth-order valence-corrected chi connectivity index (χ4v) is 4.38. The Kier molecular flexibility index (Phi) is 6.80. The van der Waals surface area contributed by atoms with Crippen molar-refractivity contribution in [3.05, 3.63) is 89.2 Å². The molecule has 188 valence electrons. The number of nitrogens with one attached hydrogen (secondary N) is 3. The van der Waals surface area contributed by atoms with Crippen LogP contribution < -0.4 is 20.7 Å². The number of benzene rings is 2. The van der Waals surface area contributed by atoms with E-state index in [9.17, 15) is 19.2 Å². The Hall–Kier alpha value is -4.73. The molecule has 0 spiro atoms. The summed E-state index contributed by atoms with van der Waals surface area (Å²) in [6.07, 6.45) is 3.86. The van der Waals surface area contributed by atoms with Crippen LogP contribution in [0.1, 0.15) is 39.9 Å². The lowest BCUT2D eigenvalue weighted by Crippen LogP contribution is -2.52. The van der Waals surface area contributed by atoms with E-state index in [1.807, 2.05) is 18.2 Å². The second kappa shape index (κ2) is 10.5. The molecule has 0 aliphatic carbocycles. The topological polar surface area (TPSA) is 130 Å². The summed E-state index contributed by atoms with van der Waals surface area (Å²) in [6, 6.07) is 15.3. The molecule has 3 N–H and O–H groups in total. The van der Waals surface area contributed by atoms with Gasteiger partial charge in [0.25, 0.3) is 5.91 Å². The SMILES string of the molecule is O=C1CCC(N2Cc3cc(CNC(=O)Nc4ccc(COc5ccncc5)cc4)ccc3C2=O)C(=O)N1. The number of urea groups is 1. The molecule has 5 amide bonds. The van der Waals surface area contributed by atoms with E-state index >= 15 is 0 Å².